The summed E-state index contributed by atoms with van der Waals surface area (Å²) in [5.74, 6) is -1.25. The number of carbonyl (C=O) groups is 3. The smallest absolute Gasteiger partial charge is 0.335 e. The number of para-hydroxylation sites is 1. The highest BCUT2D eigenvalue weighted by Crippen LogP contribution is 2.34. The van der Waals surface area contributed by atoms with E-state index in [9.17, 15) is 27.6 Å². The zero-order chi connectivity index (χ0) is 19.3. The van der Waals surface area contributed by atoms with Gasteiger partial charge in [-0.05, 0) is 25.0 Å². The number of halogens is 3. The predicted octanol–water partition coefficient (Wildman–Crippen LogP) is 0.147. The van der Waals surface area contributed by atoms with Crippen molar-refractivity contribution in [2.75, 3.05) is 25.5 Å². The number of imide groups is 1. The first-order valence-corrected chi connectivity index (χ1v) is 8.03. The van der Waals surface area contributed by atoms with Crippen LogP contribution >= 0.6 is 0 Å². The molecule has 1 fully saturated rings. The van der Waals surface area contributed by atoms with Crippen LogP contribution in [0.4, 0.5) is 23.7 Å². The average molecular weight is 373 g/mol. The maximum absolute atomic E-state index is 12.9. The zero-order valence-electron chi connectivity index (χ0n) is 14.1. The van der Waals surface area contributed by atoms with E-state index in [1.165, 1.54) is 19.2 Å². The predicted molar refractivity (Wildman–Crippen MR) is 86.4 cm³/mol. The Hall–Kier alpha value is -2.62. The molecule has 7 nitrogen and oxygen atoms in total. The molecule has 0 spiro atoms. The molecule has 0 heterocycles. The topological polar surface area (TPSA) is 91.7 Å². The van der Waals surface area contributed by atoms with Gasteiger partial charge in [-0.15, -0.1) is 0 Å². The summed E-state index contributed by atoms with van der Waals surface area (Å²) in [6.07, 6.45) is -2.82. The van der Waals surface area contributed by atoms with Crippen LogP contribution in [0.15, 0.2) is 24.3 Å². The molecule has 0 bridgehead atoms. The van der Waals surface area contributed by atoms with Crippen LogP contribution in [0.1, 0.15) is 18.4 Å². The Bertz CT molecular complexity index is 690. The zero-order valence-corrected chi connectivity index (χ0v) is 14.1. The highest BCUT2D eigenvalue weighted by molar-refractivity contribution is 5.95. The van der Waals surface area contributed by atoms with Gasteiger partial charge in [-0.2, -0.15) is 13.2 Å². The van der Waals surface area contributed by atoms with Crippen molar-refractivity contribution in [3.63, 3.8) is 0 Å². The molecule has 1 saturated carbocycles. The summed E-state index contributed by atoms with van der Waals surface area (Å²) in [4.78, 5) is 35.5. The van der Waals surface area contributed by atoms with E-state index in [1.54, 1.807) is 0 Å². The molecular weight excluding hydrogens is 353 g/mol. The van der Waals surface area contributed by atoms with Gasteiger partial charge in [-0.1, -0.05) is 12.1 Å². The lowest BCUT2D eigenvalue weighted by molar-refractivity contribution is -0.862. The summed E-state index contributed by atoms with van der Waals surface area (Å²) >= 11 is 0. The minimum absolute atomic E-state index is 0.104. The molecule has 4 amide bonds. The van der Waals surface area contributed by atoms with Crippen LogP contribution in [-0.4, -0.2) is 44.0 Å². The fourth-order valence-electron chi connectivity index (χ4n) is 2.26. The van der Waals surface area contributed by atoms with Gasteiger partial charge < -0.3 is 15.5 Å². The van der Waals surface area contributed by atoms with Gasteiger partial charge in [0, 0.05) is 6.04 Å². The van der Waals surface area contributed by atoms with Gasteiger partial charge in [0.1, 0.15) is 0 Å². The molecule has 2 rings (SSSR count). The van der Waals surface area contributed by atoms with E-state index in [-0.39, 0.29) is 24.8 Å². The van der Waals surface area contributed by atoms with Crippen LogP contribution in [0.2, 0.25) is 0 Å². The molecule has 1 aromatic carbocycles. The Morgan fingerprint density at radius 2 is 1.73 bits per heavy atom. The number of urea groups is 1. The minimum Gasteiger partial charge on any atom is -0.335 e. The molecule has 1 unspecified atom stereocenters. The third-order valence-electron chi connectivity index (χ3n) is 3.60. The van der Waals surface area contributed by atoms with E-state index in [1.807, 2.05) is 0 Å². The SMILES string of the molecule is C[NH+](CC(=O)NC(=O)NC1CC1)CC(=O)Nc1ccccc1C(F)(F)F. The summed E-state index contributed by atoms with van der Waals surface area (Å²) in [7, 11) is 1.52. The van der Waals surface area contributed by atoms with Crippen LogP contribution in [0.25, 0.3) is 0 Å². The number of amides is 4. The van der Waals surface area contributed by atoms with Crippen LogP contribution in [0.3, 0.4) is 0 Å². The highest BCUT2D eigenvalue weighted by atomic mass is 19.4. The molecular formula is C16H20F3N4O3+. The van der Waals surface area contributed by atoms with Crippen molar-refractivity contribution in [3.8, 4) is 0 Å². The van der Waals surface area contributed by atoms with Crippen molar-refractivity contribution < 1.29 is 32.5 Å². The summed E-state index contributed by atoms with van der Waals surface area (Å²) in [6, 6.07) is 4.16. The third kappa shape index (κ3) is 6.36. The standard InChI is InChI=1S/C16H19F3N4O3/c1-23(9-14(25)22-15(26)20-10-6-7-10)8-13(24)21-12-5-3-2-4-11(12)16(17,18)19/h2-5,10H,6-9H2,1H3,(H,21,24)(H2,20,22,25,26)/p+1. The fourth-order valence-corrected chi connectivity index (χ4v) is 2.26. The third-order valence-corrected chi connectivity index (χ3v) is 3.60. The maximum Gasteiger partial charge on any atom is 0.418 e. The quantitative estimate of drug-likeness (QED) is 0.572. The number of rotatable bonds is 6. The van der Waals surface area contributed by atoms with Gasteiger partial charge in [0.25, 0.3) is 11.8 Å². The van der Waals surface area contributed by atoms with Crippen molar-refractivity contribution >= 4 is 23.5 Å². The molecule has 0 saturated heterocycles. The van der Waals surface area contributed by atoms with E-state index < -0.39 is 29.6 Å². The second-order valence-corrected chi connectivity index (χ2v) is 6.20. The lowest BCUT2D eigenvalue weighted by atomic mass is 10.1. The van der Waals surface area contributed by atoms with Crippen molar-refractivity contribution in [2.45, 2.75) is 25.1 Å². The monoisotopic (exact) mass is 373 g/mol. The first-order valence-electron chi connectivity index (χ1n) is 8.03. The maximum atomic E-state index is 12.9. The molecule has 142 valence electrons. The molecule has 1 atom stereocenters. The van der Waals surface area contributed by atoms with Gasteiger partial charge in [0.2, 0.25) is 0 Å². The molecule has 1 aliphatic rings. The second-order valence-electron chi connectivity index (χ2n) is 6.20. The molecule has 1 aliphatic carbocycles. The Morgan fingerprint density at radius 1 is 1.12 bits per heavy atom. The van der Waals surface area contributed by atoms with Crippen LogP contribution in [-0.2, 0) is 15.8 Å². The van der Waals surface area contributed by atoms with Gasteiger partial charge >= 0.3 is 12.2 Å². The van der Waals surface area contributed by atoms with E-state index in [4.69, 9.17) is 0 Å². The Morgan fingerprint density at radius 3 is 2.35 bits per heavy atom. The molecule has 0 aliphatic heterocycles. The van der Waals surface area contributed by atoms with E-state index in [0.717, 1.165) is 25.0 Å². The lowest BCUT2D eigenvalue weighted by Crippen LogP contribution is -3.11. The van der Waals surface area contributed by atoms with E-state index >= 15 is 0 Å². The van der Waals surface area contributed by atoms with Crippen LogP contribution < -0.4 is 20.9 Å². The largest absolute Gasteiger partial charge is 0.418 e. The molecule has 4 N–H and O–H groups in total. The van der Waals surface area contributed by atoms with Crippen molar-refractivity contribution in [3.05, 3.63) is 29.8 Å². The Kier molecular flexibility index (Phi) is 6.19. The number of carbonyl (C=O) groups excluding carboxylic acids is 3. The number of quaternary nitrogens is 1. The molecule has 0 radical (unpaired) electrons. The van der Waals surface area contributed by atoms with E-state index in [2.05, 4.69) is 16.0 Å². The number of hydrogen-bond acceptors (Lipinski definition) is 3. The summed E-state index contributed by atoms with van der Waals surface area (Å²) in [6.45, 7) is -0.406. The second kappa shape index (κ2) is 8.17. The first-order chi connectivity index (χ1) is 12.1. The van der Waals surface area contributed by atoms with Crippen LogP contribution in [0, 0.1) is 0 Å². The summed E-state index contributed by atoms with van der Waals surface area (Å²) in [5, 5.41) is 6.94. The van der Waals surface area contributed by atoms with Gasteiger partial charge in [-0.25, -0.2) is 4.79 Å². The fraction of sp³-hybridized carbons (Fsp3) is 0.438. The average Bonchev–Trinajstić information content (AvgIpc) is 3.29. The highest BCUT2D eigenvalue weighted by Gasteiger charge is 2.33. The normalized spacial score (nSPS) is 15.1. The van der Waals surface area contributed by atoms with E-state index in [0.29, 0.717) is 4.90 Å². The number of likely N-dealkylation sites (N-methyl/N-ethyl adjacent to an activating group) is 1. The molecule has 1 aromatic rings. The molecule has 26 heavy (non-hydrogen) atoms. The number of alkyl halides is 3. The van der Waals surface area contributed by atoms with Crippen molar-refractivity contribution in [2.24, 2.45) is 0 Å². The molecule has 10 heteroatoms. The summed E-state index contributed by atoms with van der Waals surface area (Å²) in [5.41, 5.74) is -1.29. The Labute approximate surface area is 147 Å². The van der Waals surface area contributed by atoms with Gasteiger partial charge in [0.15, 0.2) is 13.1 Å². The summed E-state index contributed by atoms with van der Waals surface area (Å²) < 4.78 is 38.7. The number of hydrogen-bond donors (Lipinski definition) is 4. The lowest BCUT2D eigenvalue weighted by Gasteiger charge is -2.16. The van der Waals surface area contributed by atoms with Gasteiger partial charge in [0.05, 0.1) is 18.3 Å². The number of nitrogens with one attached hydrogen (secondary N) is 4. The first kappa shape index (κ1) is 19.7. The van der Waals surface area contributed by atoms with Gasteiger partial charge in [-0.3, -0.25) is 14.9 Å². The van der Waals surface area contributed by atoms with Crippen molar-refractivity contribution in [1.29, 1.82) is 0 Å². The Balaban J connectivity index is 1.81. The number of anilines is 1. The van der Waals surface area contributed by atoms with Crippen molar-refractivity contribution in [1.82, 2.24) is 10.6 Å². The number of benzene rings is 1. The van der Waals surface area contributed by atoms with Crippen LogP contribution in [0.5, 0.6) is 0 Å². The molecule has 0 aromatic heterocycles. The minimum atomic E-state index is -4.59.